The van der Waals surface area contributed by atoms with Gasteiger partial charge in [-0.05, 0) is 35.4 Å². The van der Waals surface area contributed by atoms with E-state index in [4.69, 9.17) is 4.98 Å². The van der Waals surface area contributed by atoms with E-state index in [2.05, 4.69) is 32.9 Å². The third kappa shape index (κ3) is 3.83. The van der Waals surface area contributed by atoms with Crippen molar-refractivity contribution in [2.45, 2.75) is 6.54 Å². The molecule has 1 fully saturated rings. The van der Waals surface area contributed by atoms with Gasteiger partial charge in [-0.25, -0.2) is 4.98 Å². The van der Waals surface area contributed by atoms with Crippen molar-refractivity contribution in [3.05, 3.63) is 88.7 Å². The molecular formula is C24H21N5O3. The number of amides is 1. The Morgan fingerprint density at radius 3 is 2.44 bits per heavy atom. The molecule has 1 N–H and O–H groups in total. The van der Waals surface area contributed by atoms with Crippen LogP contribution in [-0.2, 0) is 11.3 Å². The molecule has 0 atom stereocenters. The summed E-state index contributed by atoms with van der Waals surface area (Å²) in [5, 5.41) is 13.9. The van der Waals surface area contributed by atoms with Crippen LogP contribution in [0.5, 0.6) is 0 Å². The lowest BCUT2D eigenvalue weighted by Crippen LogP contribution is -2.47. The second-order valence-electron chi connectivity index (χ2n) is 7.78. The van der Waals surface area contributed by atoms with Gasteiger partial charge in [0.25, 0.3) is 5.69 Å². The number of nitrogens with zero attached hydrogens (tertiary/aromatic N) is 4. The first kappa shape index (κ1) is 19.9. The number of nitro groups is 1. The quantitative estimate of drug-likeness (QED) is 0.389. The lowest BCUT2D eigenvalue weighted by atomic mass is 10.1. The minimum Gasteiger partial charge on any atom is -0.354 e. The first-order valence-electron chi connectivity index (χ1n) is 10.4. The van der Waals surface area contributed by atoms with E-state index in [1.54, 1.807) is 12.1 Å². The number of pyridine rings is 1. The number of carbonyl (C=O) groups is 1. The third-order valence-corrected chi connectivity index (χ3v) is 5.67. The summed E-state index contributed by atoms with van der Waals surface area (Å²) in [6.45, 7) is 2.22. The zero-order chi connectivity index (χ0) is 22.1. The van der Waals surface area contributed by atoms with Crippen molar-refractivity contribution in [1.29, 1.82) is 0 Å². The molecule has 1 saturated heterocycles. The van der Waals surface area contributed by atoms with E-state index in [0.29, 0.717) is 19.6 Å². The Balaban J connectivity index is 1.62. The van der Waals surface area contributed by atoms with Crippen molar-refractivity contribution in [2.75, 3.05) is 19.6 Å². The van der Waals surface area contributed by atoms with Crippen LogP contribution in [0.2, 0.25) is 0 Å². The number of benzene rings is 2. The number of non-ortho nitro benzene ring substituents is 1. The molecule has 0 bridgehead atoms. The highest BCUT2D eigenvalue weighted by atomic mass is 16.6. The van der Waals surface area contributed by atoms with E-state index in [1.807, 2.05) is 30.3 Å². The highest BCUT2D eigenvalue weighted by Gasteiger charge is 2.22. The second-order valence-corrected chi connectivity index (χ2v) is 7.78. The van der Waals surface area contributed by atoms with Gasteiger partial charge in [0, 0.05) is 43.5 Å². The summed E-state index contributed by atoms with van der Waals surface area (Å²) < 4.78 is 2.06. The number of aromatic nitrogens is 2. The normalized spacial score (nSPS) is 14.4. The van der Waals surface area contributed by atoms with Crippen molar-refractivity contribution in [3.8, 4) is 22.4 Å². The van der Waals surface area contributed by atoms with Gasteiger partial charge in [0.05, 0.1) is 22.9 Å². The van der Waals surface area contributed by atoms with E-state index in [9.17, 15) is 14.9 Å². The molecule has 0 aliphatic carbocycles. The molecule has 1 aliphatic rings. The maximum Gasteiger partial charge on any atom is 0.269 e. The maximum absolute atomic E-state index is 11.9. The van der Waals surface area contributed by atoms with Crippen LogP contribution in [0, 0.1) is 10.1 Å². The van der Waals surface area contributed by atoms with Crippen LogP contribution in [0.3, 0.4) is 0 Å². The zero-order valence-corrected chi connectivity index (χ0v) is 17.3. The van der Waals surface area contributed by atoms with Crippen LogP contribution in [0.1, 0.15) is 5.69 Å². The molecule has 2 aromatic heterocycles. The Bertz CT molecular complexity index is 1300. The molecule has 1 amide bonds. The van der Waals surface area contributed by atoms with Gasteiger partial charge in [0.15, 0.2) is 0 Å². The maximum atomic E-state index is 11.9. The Labute approximate surface area is 184 Å². The number of piperazine rings is 1. The van der Waals surface area contributed by atoms with E-state index in [1.165, 1.54) is 12.1 Å². The number of hydrogen-bond donors (Lipinski definition) is 1. The number of carbonyl (C=O) groups excluding carboxylic acids is 1. The van der Waals surface area contributed by atoms with Crippen molar-refractivity contribution < 1.29 is 9.72 Å². The Morgan fingerprint density at radius 1 is 0.969 bits per heavy atom. The van der Waals surface area contributed by atoms with Gasteiger partial charge in [0.2, 0.25) is 5.91 Å². The molecule has 0 radical (unpaired) electrons. The molecule has 5 rings (SSSR count). The Morgan fingerprint density at radius 2 is 1.72 bits per heavy atom. The topological polar surface area (TPSA) is 92.8 Å². The van der Waals surface area contributed by atoms with Crippen LogP contribution < -0.4 is 5.32 Å². The van der Waals surface area contributed by atoms with Crippen LogP contribution in [0.25, 0.3) is 28.0 Å². The van der Waals surface area contributed by atoms with Crippen molar-refractivity contribution in [1.82, 2.24) is 19.6 Å². The average molecular weight is 427 g/mol. The molecule has 8 nitrogen and oxygen atoms in total. The Kier molecular flexibility index (Phi) is 5.12. The van der Waals surface area contributed by atoms with Crippen molar-refractivity contribution in [3.63, 3.8) is 0 Å². The molecule has 160 valence electrons. The van der Waals surface area contributed by atoms with E-state index < -0.39 is 4.92 Å². The van der Waals surface area contributed by atoms with Gasteiger partial charge in [-0.1, -0.05) is 30.3 Å². The van der Waals surface area contributed by atoms with E-state index in [0.717, 1.165) is 40.3 Å². The minimum absolute atomic E-state index is 0.00642. The monoisotopic (exact) mass is 427 g/mol. The molecule has 0 unspecified atom stereocenters. The smallest absolute Gasteiger partial charge is 0.269 e. The third-order valence-electron chi connectivity index (χ3n) is 5.67. The fourth-order valence-corrected chi connectivity index (χ4v) is 4.06. The van der Waals surface area contributed by atoms with Crippen molar-refractivity contribution in [2.24, 2.45) is 0 Å². The molecule has 3 heterocycles. The zero-order valence-electron chi connectivity index (χ0n) is 17.3. The van der Waals surface area contributed by atoms with Crippen LogP contribution in [0.15, 0.2) is 72.9 Å². The highest BCUT2D eigenvalue weighted by Crippen LogP contribution is 2.29. The van der Waals surface area contributed by atoms with E-state index in [-0.39, 0.29) is 11.6 Å². The summed E-state index contributed by atoms with van der Waals surface area (Å²) in [6, 6.07) is 20.6. The summed E-state index contributed by atoms with van der Waals surface area (Å²) in [7, 11) is 0. The van der Waals surface area contributed by atoms with Gasteiger partial charge < -0.3 is 9.72 Å². The second kappa shape index (κ2) is 8.24. The number of rotatable bonds is 5. The number of fused-ring (bicyclic) bond motifs is 1. The van der Waals surface area contributed by atoms with Crippen LogP contribution in [-0.4, -0.2) is 44.7 Å². The largest absolute Gasteiger partial charge is 0.354 e. The van der Waals surface area contributed by atoms with Crippen LogP contribution in [0.4, 0.5) is 5.69 Å². The first-order valence-corrected chi connectivity index (χ1v) is 10.4. The molecule has 0 spiro atoms. The van der Waals surface area contributed by atoms with Gasteiger partial charge in [-0.3, -0.25) is 19.8 Å². The Hall–Kier alpha value is -4.04. The summed E-state index contributed by atoms with van der Waals surface area (Å²) in [6.07, 6.45) is 2.06. The number of nitrogens with one attached hydrogen (secondary N) is 1. The predicted octanol–water partition coefficient (Wildman–Crippen LogP) is 3.51. The summed E-state index contributed by atoms with van der Waals surface area (Å²) in [5.74, 6) is 0.00642. The summed E-state index contributed by atoms with van der Waals surface area (Å²) in [5.41, 5.74) is 5.49. The van der Waals surface area contributed by atoms with Gasteiger partial charge in [0.1, 0.15) is 5.65 Å². The minimum atomic E-state index is -0.410. The van der Waals surface area contributed by atoms with E-state index >= 15 is 0 Å². The van der Waals surface area contributed by atoms with Gasteiger partial charge >= 0.3 is 0 Å². The molecule has 32 heavy (non-hydrogen) atoms. The number of hydrogen-bond acceptors (Lipinski definition) is 5. The van der Waals surface area contributed by atoms with Gasteiger partial charge in [-0.15, -0.1) is 0 Å². The predicted molar refractivity (Wildman–Crippen MR) is 121 cm³/mol. The standard InChI is InChI=1S/C24H21N5O3/c30-23-16-27(13-12-25-23)15-21-24(18-6-9-20(10-7-18)29(31)32)26-22-11-8-19(14-28(21)22)17-4-2-1-3-5-17/h1-11,14H,12-13,15-16H2,(H,25,30). The summed E-state index contributed by atoms with van der Waals surface area (Å²) >= 11 is 0. The fraction of sp³-hybridized carbons (Fsp3) is 0.167. The molecular weight excluding hydrogens is 406 g/mol. The lowest BCUT2D eigenvalue weighted by molar-refractivity contribution is -0.384. The SMILES string of the molecule is O=C1CN(Cc2c(-c3ccc([N+](=O)[O-])cc3)nc3ccc(-c4ccccc4)cn23)CCN1. The summed E-state index contributed by atoms with van der Waals surface area (Å²) in [4.78, 5) is 29.5. The van der Waals surface area contributed by atoms with Crippen LogP contribution >= 0.6 is 0 Å². The first-order chi connectivity index (χ1) is 15.6. The van der Waals surface area contributed by atoms with Gasteiger partial charge in [-0.2, -0.15) is 0 Å². The lowest BCUT2D eigenvalue weighted by Gasteiger charge is -2.26. The highest BCUT2D eigenvalue weighted by molar-refractivity contribution is 5.78. The van der Waals surface area contributed by atoms with Crippen molar-refractivity contribution >= 4 is 17.2 Å². The molecule has 0 saturated carbocycles. The molecule has 2 aromatic carbocycles. The molecule has 8 heteroatoms. The molecule has 4 aromatic rings. The number of imidazole rings is 1. The fourth-order valence-electron chi connectivity index (χ4n) is 4.06. The average Bonchev–Trinajstić information content (AvgIpc) is 3.17. The molecule has 1 aliphatic heterocycles. The number of nitro benzene ring substituents is 1.